The van der Waals surface area contributed by atoms with E-state index in [0.717, 1.165) is 21.3 Å². The summed E-state index contributed by atoms with van der Waals surface area (Å²) < 4.78 is 2.32. The van der Waals surface area contributed by atoms with Crippen LogP contribution in [0.4, 0.5) is 11.9 Å². The minimum atomic E-state index is -0.320. The third-order valence-electron chi connectivity index (χ3n) is 4.50. The van der Waals surface area contributed by atoms with E-state index in [2.05, 4.69) is 36.3 Å². The molecule has 0 saturated heterocycles. The average molecular weight is 424 g/mol. The molecule has 1 aliphatic heterocycles. The maximum atomic E-state index is 12.9. The fourth-order valence-corrected chi connectivity index (χ4v) is 3.52. The number of aliphatic imine (C=N–C) groups is 1. The Morgan fingerprint density at radius 1 is 1.11 bits per heavy atom. The summed E-state index contributed by atoms with van der Waals surface area (Å²) in [7, 11) is 0. The van der Waals surface area contributed by atoms with Gasteiger partial charge in [0.25, 0.3) is 11.9 Å². The van der Waals surface area contributed by atoms with E-state index in [1.807, 2.05) is 61.5 Å². The normalized spacial score (nSPS) is 16.0. The summed E-state index contributed by atoms with van der Waals surface area (Å²) in [5.74, 6) is 0.317. The predicted molar refractivity (Wildman–Crippen MR) is 109 cm³/mol. The van der Waals surface area contributed by atoms with Gasteiger partial charge in [0, 0.05) is 16.7 Å². The molecule has 6 nitrogen and oxygen atoms in total. The first-order valence-electron chi connectivity index (χ1n) is 8.69. The summed E-state index contributed by atoms with van der Waals surface area (Å²) in [6.45, 7) is 2.44. The Hall–Kier alpha value is -2.80. The van der Waals surface area contributed by atoms with Gasteiger partial charge in [0.1, 0.15) is 0 Å². The third kappa shape index (κ3) is 3.83. The minimum Gasteiger partial charge on any atom is -0.349 e. The van der Waals surface area contributed by atoms with Crippen molar-refractivity contribution in [3.63, 3.8) is 0 Å². The van der Waals surface area contributed by atoms with Gasteiger partial charge in [0.05, 0.1) is 5.92 Å². The summed E-state index contributed by atoms with van der Waals surface area (Å²) in [6, 6.07) is 17.9. The number of anilines is 1. The van der Waals surface area contributed by atoms with Crippen LogP contribution in [-0.2, 0) is 13.0 Å². The molecule has 27 heavy (non-hydrogen) atoms. The van der Waals surface area contributed by atoms with E-state index in [4.69, 9.17) is 0 Å². The van der Waals surface area contributed by atoms with Crippen LogP contribution in [0.5, 0.6) is 0 Å². The molecule has 0 saturated carbocycles. The second-order valence-corrected chi connectivity index (χ2v) is 7.38. The number of hydrogen-bond acceptors (Lipinski definition) is 5. The molecule has 2 heterocycles. The Kier molecular flexibility index (Phi) is 4.85. The van der Waals surface area contributed by atoms with Gasteiger partial charge in [0.2, 0.25) is 5.95 Å². The first-order chi connectivity index (χ1) is 13.1. The van der Waals surface area contributed by atoms with Crippen molar-refractivity contribution in [3.05, 3.63) is 70.2 Å². The minimum absolute atomic E-state index is 0.0932. The third-order valence-corrected chi connectivity index (χ3v) is 4.99. The molecule has 1 unspecified atom stereocenters. The highest BCUT2D eigenvalue weighted by Crippen LogP contribution is 2.24. The topological polar surface area (TPSA) is 72.2 Å². The van der Waals surface area contributed by atoms with Crippen molar-refractivity contribution in [2.45, 2.75) is 19.9 Å². The number of aromatic nitrogens is 3. The Labute approximate surface area is 165 Å². The zero-order valence-corrected chi connectivity index (χ0v) is 16.3. The van der Waals surface area contributed by atoms with Crippen LogP contribution in [0, 0.1) is 5.92 Å². The number of nitrogens with one attached hydrogen (secondary N) is 1. The second kappa shape index (κ2) is 7.44. The van der Waals surface area contributed by atoms with E-state index in [-0.39, 0.29) is 11.8 Å². The lowest BCUT2D eigenvalue weighted by atomic mass is 9.94. The number of carbonyl (C=O) groups is 1. The van der Waals surface area contributed by atoms with Crippen molar-refractivity contribution < 1.29 is 4.79 Å². The van der Waals surface area contributed by atoms with Crippen molar-refractivity contribution >= 4 is 39.4 Å². The lowest BCUT2D eigenvalue weighted by Crippen LogP contribution is -2.33. The molecule has 136 valence electrons. The maximum Gasteiger partial charge on any atom is 0.259 e. The van der Waals surface area contributed by atoms with E-state index >= 15 is 0 Å². The standard InChI is InChI=1S/C20H18BrN5O/c1-13-17(11-14-6-3-2-4-7-14)18(27)26-20(23-13)24-19(25-26)22-12-15-8-5-9-16(21)10-15/h2-10,17H,11-12H2,1H3,(H,22,25). The molecule has 7 heteroatoms. The van der Waals surface area contributed by atoms with E-state index in [0.29, 0.717) is 24.9 Å². The molecule has 1 aliphatic rings. The molecule has 2 aromatic carbocycles. The molecule has 3 aromatic rings. The van der Waals surface area contributed by atoms with Gasteiger partial charge in [-0.05, 0) is 36.6 Å². The molecule has 0 spiro atoms. The van der Waals surface area contributed by atoms with Crippen LogP contribution in [0.1, 0.15) is 22.8 Å². The lowest BCUT2D eigenvalue weighted by molar-refractivity contribution is 0.0852. The monoisotopic (exact) mass is 423 g/mol. The number of rotatable bonds is 5. The van der Waals surface area contributed by atoms with Crippen LogP contribution in [0.15, 0.2) is 64.1 Å². The summed E-state index contributed by atoms with van der Waals surface area (Å²) in [5, 5.41) is 7.48. The molecule has 0 fully saturated rings. The highest BCUT2D eigenvalue weighted by molar-refractivity contribution is 9.10. The number of benzene rings is 2. The first kappa shape index (κ1) is 17.6. The van der Waals surface area contributed by atoms with E-state index in [9.17, 15) is 4.79 Å². The van der Waals surface area contributed by atoms with Crippen LogP contribution >= 0.6 is 15.9 Å². The number of halogens is 1. The molecular weight excluding hydrogens is 406 g/mol. The highest BCUT2D eigenvalue weighted by atomic mass is 79.9. The molecule has 1 atom stereocenters. The van der Waals surface area contributed by atoms with Gasteiger partial charge in [-0.2, -0.15) is 9.67 Å². The van der Waals surface area contributed by atoms with E-state index < -0.39 is 0 Å². The van der Waals surface area contributed by atoms with Gasteiger partial charge in [0.15, 0.2) is 0 Å². The number of hydrogen-bond donors (Lipinski definition) is 1. The van der Waals surface area contributed by atoms with Crippen LogP contribution in [0.2, 0.25) is 0 Å². The van der Waals surface area contributed by atoms with Crippen molar-refractivity contribution in [3.8, 4) is 0 Å². The summed E-state index contributed by atoms with van der Waals surface area (Å²) in [6.07, 6.45) is 0.606. The fraction of sp³-hybridized carbons (Fsp3) is 0.200. The second-order valence-electron chi connectivity index (χ2n) is 6.46. The van der Waals surface area contributed by atoms with Gasteiger partial charge in [-0.3, -0.25) is 4.79 Å². The van der Waals surface area contributed by atoms with Crippen molar-refractivity contribution in [2.24, 2.45) is 10.9 Å². The van der Waals surface area contributed by atoms with E-state index in [1.165, 1.54) is 4.68 Å². The summed E-state index contributed by atoms with van der Waals surface area (Å²) in [4.78, 5) is 21.8. The largest absolute Gasteiger partial charge is 0.349 e. The number of nitrogens with zero attached hydrogens (tertiary/aromatic N) is 4. The molecule has 0 bridgehead atoms. The van der Waals surface area contributed by atoms with Crippen LogP contribution in [0.25, 0.3) is 0 Å². The maximum absolute atomic E-state index is 12.9. The van der Waals surface area contributed by atoms with Crippen molar-refractivity contribution in [2.75, 3.05) is 5.32 Å². The lowest BCUT2D eigenvalue weighted by Gasteiger charge is -2.19. The molecule has 4 rings (SSSR count). The van der Waals surface area contributed by atoms with Gasteiger partial charge < -0.3 is 5.32 Å². The van der Waals surface area contributed by atoms with Crippen LogP contribution in [0.3, 0.4) is 0 Å². The van der Waals surface area contributed by atoms with E-state index in [1.54, 1.807) is 0 Å². The molecule has 0 amide bonds. The van der Waals surface area contributed by atoms with Gasteiger partial charge in [-0.1, -0.05) is 58.4 Å². The van der Waals surface area contributed by atoms with Gasteiger partial charge in [-0.25, -0.2) is 4.99 Å². The molecular formula is C20H18BrN5O. The Morgan fingerprint density at radius 2 is 1.89 bits per heavy atom. The van der Waals surface area contributed by atoms with Crippen LogP contribution in [-0.4, -0.2) is 26.4 Å². The zero-order chi connectivity index (χ0) is 18.8. The predicted octanol–water partition coefficient (Wildman–Crippen LogP) is 4.26. The number of fused-ring (bicyclic) bond motifs is 1. The summed E-state index contributed by atoms with van der Waals surface area (Å²) >= 11 is 3.46. The highest BCUT2D eigenvalue weighted by Gasteiger charge is 2.31. The molecule has 1 aromatic heterocycles. The van der Waals surface area contributed by atoms with Crippen LogP contribution < -0.4 is 5.32 Å². The quantitative estimate of drug-likeness (QED) is 0.665. The Morgan fingerprint density at radius 3 is 2.67 bits per heavy atom. The van der Waals surface area contributed by atoms with Crippen molar-refractivity contribution in [1.29, 1.82) is 0 Å². The fourth-order valence-electron chi connectivity index (χ4n) is 3.07. The average Bonchev–Trinajstić information content (AvgIpc) is 3.07. The molecule has 1 N–H and O–H groups in total. The smallest absolute Gasteiger partial charge is 0.259 e. The number of carbonyl (C=O) groups excluding carboxylic acids is 1. The zero-order valence-electron chi connectivity index (χ0n) is 14.8. The molecule has 0 aliphatic carbocycles. The SMILES string of the molecule is CC1=Nc2nc(NCc3cccc(Br)c3)nn2C(=O)C1Cc1ccccc1. The molecule has 0 radical (unpaired) electrons. The van der Waals surface area contributed by atoms with Crippen molar-refractivity contribution in [1.82, 2.24) is 14.8 Å². The summed E-state index contributed by atoms with van der Waals surface area (Å²) in [5.41, 5.74) is 2.95. The first-order valence-corrected chi connectivity index (χ1v) is 9.48. The van der Waals surface area contributed by atoms with Gasteiger partial charge in [-0.15, -0.1) is 5.10 Å². The Bertz CT molecular complexity index is 1010. The Balaban J connectivity index is 1.51. The van der Waals surface area contributed by atoms with Gasteiger partial charge >= 0.3 is 0 Å².